The van der Waals surface area contributed by atoms with Crippen molar-refractivity contribution >= 4 is 17.5 Å². The minimum atomic E-state index is -0.881. The number of aromatic nitrogens is 1. The van der Waals surface area contributed by atoms with Gasteiger partial charge in [0.05, 0.1) is 5.69 Å². The van der Waals surface area contributed by atoms with Crippen molar-refractivity contribution in [2.24, 2.45) is 0 Å². The van der Waals surface area contributed by atoms with E-state index in [2.05, 4.69) is 15.6 Å². The molecule has 5 nitrogen and oxygen atoms in total. The van der Waals surface area contributed by atoms with E-state index in [9.17, 15) is 18.4 Å². The fraction of sp³-hybridized carbons (Fsp3) is 0.188. The van der Waals surface area contributed by atoms with Gasteiger partial charge in [0.1, 0.15) is 17.3 Å². The smallest absolute Gasteiger partial charge is 0.269 e. The molecule has 0 bridgehead atoms. The average molecular weight is 319 g/mol. The number of benzene rings is 1. The third-order valence-electron chi connectivity index (χ3n) is 2.97. The van der Waals surface area contributed by atoms with Crippen LogP contribution < -0.4 is 10.6 Å². The lowest BCUT2D eigenvalue weighted by molar-refractivity contribution is 0.0948. The Balaban J connectivity index is 2.15. The van der Waals surface area contributed by atoms with Crippen molar-refractivity contribution in [1.29, 1.82) is 0 Å². The normalized spacial score (nSPS) is 10.2. The zero-order valence-corrected chi connectivity index (χ0v) is 12.4. The summed E-state index contributed by atoms with van der Waals surface area (Å²) in [5.41, 5.74) is 0.0845. The third-order valence-corrected chi connectivity index (χ3v) is 2.97. The molecule has 2 aromatic rings. The van der Waals surface area contributed by atoms with Gasteiger partial charge in [-0.2, -0.15) is 0 Å². The molecule has 0 aliphatic carbocycles. The molecular formula is C16H15F2N3O2. The molecule has 0 fully saturated rings. The van der Waals surface area contributed by atoms with Crippen molar-refractivity contribution < 1.29 is 18.4 Å². The standard InChI is InChI=1S/C16H15F2N3O2/c1-2-6-20-16(23)14-8-10(5-7-19-14)15(22)21-13-4-3-11(17)9-12(13)18/h3-5,7-9H,2,6H2,1H3,(H,20,23)(H,21,22). The van der Waals surface area contributed by atoms with Crippen LogP contribution in [0.25, 0.3) is 0 Å². The number of halogens is 2. The molecule has 0 saturated carbocycles. The van der Waals surface area contributed by atoms with Gasteiger partial charge in [-0.25, -0.2) is 8.78 Å². The Hall–Kier alpha value is -2.83. The molecule has 2 N–H and O–H groups in total. The van der Waals surface area contributed by atoms with Crippen LogP contribution in [0.5, 0.6) is 0 Å². The molecule has 0 saturated heterocycles. The predicted octanol–water partition coefficient (Wildman–Crippen LogP) is 2.75. The Kier molecular flexibility index (Phi) is 5.35. The molecule has 0 radical (unpaired) electrons. The SMILES string of the molecule is CCCNC(=O)c1cc(C(=O)Nc2ccc(F)cc2F)ccn1. The zero-order chi connectivity index (χ0) is 16.8. The number of pyridine rings is 1. The summed E-state index contributed by atoms with van der Waals surface area (Å²) >= 11 is 0. The largest absolute Gasteiger partial charge is 0.351 e. The van der Waals surface area contributed by atoms with Crippen LogP contribution in [0.4, 0.5) is 14.5 Å². The molecule has 7 heteroatoms. The Morgan fingerprint density at radius 1 is 1.13 bits per heavy atom. The molecule has 0 atom stereocenters. The topological polar surface area (TPSA) is 71.1 Å². The summed E-state index contributed by atoms with van der Waals surface area (Å²) in [5.74, 6) is -2.63. The lowest BCUT2D eigenvalue weighted by Gasteiger charge is -2.08. The molecule has 0 aliphatic rings. The number of nitrogens with one attached hydrogen (secondary N) is 2. The van der Waals surface area contributed by atoms with E-state index in [1.165, 1.54) is 18.3 Å². The molecule has 2 rings (SSSR count). The molecular weight excluding hydrogens is 304 g/mol. The molecule has 120 valence electrons. The number of amides is 2. The number of carbonyl (C=O) groups is 2. The van der Waals surface area contributed by atoms with Gasteiger partial charge < -0.3 is 10.6 Å². The number of carbonyl (C=O) groups excluding carboxylic acids is 2. The Labute approximate surface area is 131 Å². The summed E-state index contributed by atoms with van der Waals surface area (Å²) in [7, 11) is 0. The van der Waals surface area contributed by atoms with Gasteiger partial charge in [0.25, 0.3) is 11.8 Å². The molecule has 2 amide bonds. The maximum Gasteiger partial charge on any atom is 0.269 e. The Morgan fingerprint density at radius 2 is 1.91 bits per heavy atom. The minimum absolute atomic E-state index is 0.0886. The van der Waals surface area contributed by atoms with Crippen LogP contribution in [0.15, 0.2) is 36.5 Å². The minimum Gasteiger partial charge on any atom is -0.351 e. The van der Waals surface area contributed by atoms with Crippen LogP contribution >= 0.6 is 0 Å². The second kappa shape index (κ2) is 7.44. The van der Waals surface area contributed by atoms with Crippen LogP contribution in [0.2, 0.25) is 0 Å². The van der Waals surface area contributed by atoms with Crippen LogP contribution in [-0.4, -0.2) is 23.3 Å². The second-order valence-corrected chi connectivity index (χ2v) is 4.76. The molecule has 23 heavy (non-hydrogen) atoms. The van der Waals surface area contributed by atoms with E-state index < -0.39 is 23.4 Å². The summed E-state index contributed by atoms with van der Waals surface area (Å²) in [6.07, 6.45) is 2.09. The molecule has 0 aliphatic heterocycles. The lowest BCUT2D eigenvalue weighted by Crippen LogP contribution is -2.25. The van der Waals surface area contributed by atoms with Crippen molar-refractivity contribution in [2.45, 2.75) is 13.3 Å². The first-order valence-corrected chi connectivity index (χ1v) is 7.02. The van der Waals surface area contributed by atoms with Gasteiger partial charge in [-0.1, -0.05) is 6.92 Å². The fourth-order valence-corrected chi connectivity index (χ4v) is 1.81. The Bertz CT molecular complexity index is 735. The molecule has 0 unspecified atom stereocenters. The summed E-state index contributed by atoms with van der Waals surface area (Å²) in [6.45, 7) is 2.41. The highest BCUT2D eigenvalue weighted by atomic mass is 19.1. The molecule has 1 heterocycles. The number of hydrogen-bond acceptors (Lipinski definition) is 3. The fourth-order valence-electron chi connectivity index (χ4n) is 1.81. The van der Waals surface area contributed by atoms with Gasteiger partial charge in [0.2, 0.25) is 0 Å². The van der Waals surface area contributed by atoms with Crippen LogP contribution in [0.3, 0.4) is 0 Å². The summed E-state index contributed by atoms with van der Waals surface area (Å²) < 4.78 is 26.4. The summed E-state index contributed by atoms with van der Waals surface area (Å²) in [6, 6.07) is 5.54. The molecule has 1 aromatic heterocycles. The summed E-state index contributed by atoms with van der Waals surface area (Å²) in [5, 5.41) is 4.97. The van der Waals surface area contributed by atoms with Crippen LogP contribution in [0.1, 0.15) is 34.2 Å². The van der Waals surface area contributed by atoms with E-state index in [1.54, 1.807) is 0 Å². The predicted molar refractivity (Wildman–Crippen MR) is 81.2 cm³/mol. The van der Waals surface area contributed by atoms with Gasteiger partial charge >= 0.3 is 0 Å². The van der Waals surface area contributed by atoms with Crippen molar-refractivity contribution in [3.8, 4) is 0 Å². The molecule has 0 spiro atoms. The average Bonchev–Trinajstić information content (AvgIpc) is 2.55. The van der Waals surface area contributed by atoms with Crippen molar-refractivity contribution in [2.75, 3.05) is 11.9 Å². The third kappa shape index (κ3) is 4.32. The Morgan fingerprint density at radius 3 is 2.61 bits per heavy atom. The quantitative estimate of drug-likeness (QED) is 0.890. The number of hydrogen-bond donors (Lipinski definition) is 2. The highest BCUT2D eigenvalue weighted by Gasteiger charge is 2.13. The van der Waals surface area contributed by atoms with E-state index in [0.29, 0.717) is 12.6 Å². The van der Waals surface area contributed by atoms with E-state index in [1.807, 2.05) is 6.92 Å². The first kappa shape index (κ1) is 16.5. The van der Waals surface area contributed by atoms with Gasteiger partial charge in [0.15, 0.2) is 0 Å². The van der Waals surface area contributed by atoms with Crippen molar-refractivity contribution in [3.05, 3.63) is 59.4 Å². The maximum absolute atomic E-state index is 13.5. The first-order valence-electron chi connectivity index (χ1n) is 7.02. The number of nitrogens with zero attached hydrogens (tertiary/aromatic N) is 1. The highest BCUT2D eigenvalue weighted by Crippen LogP contribution is 2.16. The van der Waals surface area contributed by atoms with E-state index in [-0.39, 0.29) is 16.9 Å². The van der Waals surface area contributed by atoms with Crippen LogP contribution in [0, 0.1) is 11.6 Å². The number of anilines is 1. The second-order valence-electron chi connectivity index (χ2n) is 4.76. The first-order chi connectivity index (χ1) is 11.0. The van der Waals surface area contributed by atoms with Gasteiger partial charge in [-0.05, 0) is 30.7 Å². The van der Waals surface area contributed by atoms with Crippen molar-refractivity contribution in [3.63, 3.8) is 0 Å². The lowest BCUT2D eigenvalue weighted by atomic mass is 10.2. The van der Waals surface area contributed by atoms with E-state index >= 15 is 0 Å². The van der Waals surface area contributed by atoms with Crippen molar-refractivity contribution in [1.82, 2.24) is 10.3 Å². The van der Waals surface area contributed by atoms with E-state index in [4.69, 9.17) is 0 Å². The van der Waals surface area contributed by atoms with E-state index in [0.717, 1.165) is 18.6 Å². The van der Waals surface area contributed by atoms with Gasteiger partial charge in [-0.15, -0.1) is 0 Å². The number of rotatable bonds is 5. The van der Waals surface area contributed by atoms with Crippen LogP contribution in [-0.2, 0) is 0 Å². The highest BCUT2D eigenvalue weighted by molar-refractivity contribution is 6.05. The zero-order valence-electron chi connectivity index (χ0n) is 12.4. The van der Waals surface area contributed by atoms with Gasteiger partial charge in [-0.3, -0.25) is 14.6 Å². The molecule has 1 aromatic carbocycles. The summed E-state index contributed by atoms with van der Waals surface area (Å²) in [4.78, 5) is 27.8. The monoisotopic (exact) mass is 319 g/mol. The van der Waals surface area contributed by atoms with Gasteiger partial charge in [0, 0.05) is 24.4 Å². The maximum atomic E-state index is 13.5.